The first-order valence-electron chi connectivity index (χ1n) is 7.86. The number of aromatic amines is 1. The molecular formula is C18H19ClN2OS. The smallest absolute Gasteiger partial charge is 0.260 e. The van der Waals surface area contributed by atoms with E-state index in [4.69, 9.17) is 11.6 Å². The number of fused-ring (bicyclic) bond motifs is 1. The minimum atomic E-state index is -0.0444. The van der Waals surface area contributed by atoms with Crippen LogP contribution in [0.2, 0.25) is 5.02 Å². The van der Waals surface area contributed by atoms with Crippen molar-refractivity contribution < 1.29 is 0 Å². The first-order chi connectivity index (χ1) is 11.0. The molecule has 3 rings (SSSR count). The minimum Gasteiger partial charge on any atom is -0.310 e. The molecule has 0 saturated heterocycles. The first-order valence-corrected chi connectivity index (χ1v) is 9.05. The van der Waals surface area contributed by atoms with Crippen molar-refractivity contribution >= 4 is 33.2 Å². The number of aryl methyl sites for hydroxylation is 3. The lowest BCUT2D eigenvalue weighted by molar-refractivity contribution is 0.838. The summed E-state index contributed by atoms with van der Waals surface area (Å²) < 4.78 is 0. The number of aromatic nitrogens is 2. The molecule has 0 saturated carbocycles. The van der Waals surface area contributed by atoms with Crippen LogP contribution in [-0.4, -0.2) is 9.97 Å². The lowest BCUT2D eigenvalue weighted by Gasteiger charge is -2.06. The zero-order valence-corrected chi connectivity index (χ0v) is 15.1. The molecule has 2 heterocycles. The van der Waals surface area contributed by atoms with Crippen LogP contribution in [0.3, 0.4) is 0 Å². The van der Waals surface area contributed by atoms with Crippen LogP contribution in [0, 0.1) is 6.92 Å². The van der Waals surface area contributed by atoms with Gasteiger partial charge in [0.25, 0.3) is 5.56 Å². The molecule has 0 aliphatic heterocycles. The second kappa shape index (κ2) is 6.46. The van der Waals surface area contributed by atoms with Gasteiger partial charge in [0.2, 0.25) is 0 Å². The van der Waals surface area contributed by atoms with E-state index in [9.17, 15) is 4.79 Å². The molecule has 3 nitrogen and oxygen atoms in total. The molecular weight excluding hydrogens is 328 g/mol. The van der Waals surface area contributed by atoms with E-state index < -0.39 is 0 Å². The van der Waals surface area contributed by atoms with E-state index in [2.05, 4.69) is 23.8 Å². The Morgan fingerprint density at radius 2 is 2.09 bits per heavy atom. The van der Waals surface area contributed by atoms with Crippen molar-refractivity contribution in [1.82, 2.24) is 9.97 Å². The Balaban J connectivity index is 2.30. The van der Waals surface area contributed by atoms with Gasteiger partial charge in [-0.2, -0.15) is 0 Å². The van der Waals surface area contributed by atoms with E-state index in [-0.39, 0.29) is 5.56 Å². The number of hydrogen-bond acceptors (Lipinski definition) is 3. The van der Waals surface area contributed by atoms with Crippen LogP contribution in [0.1, 0.15) is 36.5 Å². The highest BCUT2D eigenvalue weighted by Crippen LogP contribution is 2.37. The molecule has 3 aromatic rings. The van der Waals surface area contributed by atoms with Crippen molar-refractivity contribution in [1.29, 1.82) is 0 Å². The summed E-state index contributed by atoms with van der Waals surface area (Å²) in [6.07, 6.45) is 2.63. The predicted molar refractivity (Wildman–Crippen MR) is 98.8 cm³/mol. The molecule has 0 fully saturated rings. The van der Waals surface area contributed by atoms with Crippen molar-refractivity contribution in [2.45, 2.75) is 40.0 Å². The summed E-state index contributed by atoms with van der Waals surface area (Å²) in [6.45, 7) is 6.17. The number of nitrogens with one attached hydrogen (secondary N) is 1. The van der Waals surface area contributed by atoms with Crippen LogP contribution in [-0.2, 0) is 12.8 Å². The molecule has 0 aliphatic rings. The third-order valence-electron chi connectivity index (χ3n) is 3.94. The maximum absolute atomic E-state index is 12.6. The summed E-state index contributed by atoms with van der Waals surface area (Å²) in [6, 6.07) is 5.92. The average molecular weight is 347 g/mol. The van der Waals surface area contributed by atoms with Gasteiger partial charge in [0.05, 0.1) is 5.39 Å². The monoisotopic (exact) mass is 346 g/mol. The van der Waals surface area contributed by atoms with Crippen molar-refractivity contribution in [3.8, 4) is 11.1 Å². The van der Waals surface area contributed by atoms with Crippen LogP contribution in [0.4, 0.5) is 0 Å². The quantitative estimate of drug-likeness (QED) is 0.711. The van der Waals surface area contributed by atoms with Crippen molar-refractivity contribution in [2.24, 2.45) is 0 Å². The molecule has 1 N–H and O–H groups in total. The predicted octanol–water partition coefficient (Wildman–Crippen LogP) is 5.13. The molecule has 0 unspecified atom stereocenters. The lowest BCUT2D eigenvalue weighted by Crippen LogP contribution is -2.11. The Hall–Kier alpha value is -1.65. The fraction of sp³-hybridized carbons (Fsp3) is 0.333. The maximum atomic E-state index is 12.6. The summed E-state index contributed by atoms with van der Waals surface area (Å²) in [4.78, 5) is 22.2. The molecule has 0 aliphatic carbocycles. The van der Waals surface area contributed by atoms with Gasteiger partial charge >= 0.3 is 0 Å². The van der Waals surface area contributed by atoms with Gasteiger partial charge in [0.1, 0.15) is 10.7 Å². The van der Waals surface area contributed by atoms with E-state index in [1.165, 1.54) is 4.88 Å². The largest absolute Gasteiger partial charge is 0.310 e. The highest BCUT2D eigenvalue weighted by atomic mass is 35.5. The normalized spacial score (nSPS) is 11.3. The number of nitrogens with zero attached hydrogens (tertiary/aromatic N) is 1. The van der Waals surface area contributed by atoms with Gasteiger partial charge in [-0.1, -0.05) is 31.5 Å². The Morgan fingerprint density at radius 1 is 1.30 bits per heavy atom. The van der Waals surface area contributed by atoms with Crippen molar-refractivity contribution in [3.05, 3.63) is 49.8 Å². The summed E-state index contributed by atoms with van der Waals surface area (Å²) in [5, 5.41) is 1.44. The Morgan fingerprint density at radius 3 is 2.74 bits per heavy atom. The number of hydrogen-bond donors (Lipinski definition) is 1. The zero-order valence-electron chi connectivity index (χ0n) is 13.5. The molecule has 0 radical (unpaired) electrons. The summed E-state index contributed by atoms with van der Waals surface area (Å²) >= 11 is 7.76. The fourth-order valence-corrected chi connectivity index (χ4v) is 4.08. The summed E-state index contributed by atoms with van der Waals surface area (Å²) in [7, 11) is 0. The molecule has 0 bridgehead atoms. The maximum Gasteiger partial charge on any atom is 0.260 e. The molecule has 2 aromatic heterocycles. The molecule has 23 heavy (non-hydrogen) atoms. The van der Waals surface area contributed by atoms with E-state index in [1.54, 1.807) is 11.3 Å². The molecule has 120 valence electrons. The Bertz CT molecular complexity index is 927. The average Bonchev–Trinajstić information content (AvgIpc) is 2.89. The van der Waals surface area contributed by atoms with Gasteiger partial charge in [-0.25, -0.2) is 4.98 Å². The van der Waals surface area contributed by atoms with E-state index in [1.807, 2.05) is 25.1 Å². The lowest BCUT2D eigenvalue weighted by atomic mass is 10.0. The second-order valence-corrected chi connectivity index (χ2v) is 7.15. The number of thiophene rings is 1. The molecule has 1 aromatic carbocycles. The van der Waals surface area contributed by atoms with Crippen LogP contribution >= 0.6 is 22.9 Å². The molecule has 0 atom stereocenters. The first kappa shape index (κ1) is 16.2. The second-order valence-electron chi connectivity index (χ2n) is 5.66. The van der Waals surface area contributed by atoms with Crippen molar-refractivity contribution in [2.75, 3.05) is 0 Å². The highest BCUT2D eigenvalue weighted by molar-refractivity contribution is 7.19. The Labute approximate surface area is 144 Å². The van der Waals surface area contributed by atoms with Crippen LogP contribution in [0.25, 0.3) is 21.3 Å². The van der Waals surface area contributed by atoms with E-state index in [0.29, 0.717) is 5.39 Å². The standard InChI is InChI=1S/C18H19ClN2OS/c1-4-6-14-20-17(22)16-15(13(5-2)23-18(16)21-14)11-7-8-12(19)10(3)9-11/h7-9H,4-6H2,1-3H3,(H,20,21,22). The Kier molecular flexibility index (Phi) is 4.55. The van der Waals surface area contributed by atoms with Crippen LogP contribution in [0.15, 0.2) is 23.0 Å². The topological polar surface area (TPSA) is 45.8 Å². The van der Waals surface area contributed by atoms with Gasteiger partial charge in [-0.15, -0.1) is 11.3 Å². The number of H-pyrrole nitrogens is 1. The highest BCUT2D eigenvalue weighted by Gasteiger charge is 2.18. The molecule has 5 heteroatoms. The number of halogens is 1. The van der Waals surface area contributed by atoms with Crippen LogP contribution < -0.4 is 5.56 Å². The molecule has 0 spiro atoms. The van der Waals surface area contributed by atoms with Gasteiger partial charge in [-0.05, 0) is 43.0 Å². The van der Waals surface area contributed by atoms with Gasteiger partial charge in [0, 0.05) is 21.9 Å². The minimum absolute atomic E-state index is 0.0444. The fourth-order valence-electron chi connectivity index (χ4n) is 2.81. The van der Waals surface area contributed by atoms with Gasteiger partial charge in [-0.3, -0.25) is 4.79 Å². The van der Waals surface area contributed by atoms with Crippen LogP contribution in [0.5, 0.6) is 0 Å². The summed E-state index contributed by atoms with van der Waals surface area (Å²) in [5.41, 5.74) is 3.00. The van der Waals surface area contributed by atoms with Crippen molar-refractivity contribution in [3.63, 3.8) is 0 Å². The van der Waals surface area contributed by atoms with E-state index >= 15 is 0 Å². The van der Waals surface area contributed by atoms with E-state index in [0.717, 1.165) is 51.6 Å². The SMILES string of the molecule is CCCc1nc2sc(CC)c(-c3ccc(Cl)c(C)c3)c2c(=O)[nH]1. The number of benzene rings is 1. The van der Waals surface area contributed by atoms with Gasteiger partial charge < -0.3 is 4.98 Å². The third-order valence-corrected chi connectivity index (χ3v) is 5.59. The summed E-state index contributed by atoms with van der Waals surface area (Å²) in [5.74, 6) is 0.771. The third kappa shape index (κ3) is 2.93. The zero-order chi connectivity index (χ0) is 16.6. The molecule has 0 amide bonds. The number of rotatable bonds is 4. The van der Waals surface area contributed by atoms with Gasteiger partial charge in [0.15, 0.2) is 0 Å².